The molecule has 0 radical (unpaired) electrons. The molecule has 108 valence electrons. The lowest BCUT2D eigenvalue weighted by molar-refractivity contribution is 0.668. The summed E-state index contributed by atoms with van der Waals surface area (Å²) in [4.78, 5) is 4.64. The molecule has 1 heterocycles. The van der Waals surface area contributed by atoms with Crippen molar-refractivity contribution in [1.82, 2.24) is 9.55 Å². The van der Waals surface area contributed by atoms with E-state index in [1.165, 1.54) is 5.56 Å². The summed E-state index contributed by atoms with van der Waals surface area (Å²) < 4.78 is 2.17. The average molecular weight is 319 g/mol. The first-order chi connectivity index (χ1) is 10.1. The van der Waals surface area contributed by atoms with E-state index in [0.29, 0.717) is 0 Å². The molecule has 0 saturated carbocycles. The zero-order valence-corrected chi connectivity index (χ0v) is 13.3. The minimum atomic E-state index is -0.132. The highest BCUT2D eigenvalue weighted by Gasteiger charge is 2.15. The van der Waals surface area contributed by atoms with Crippen LogP contribution in [0.15, 0.2) is 48.5 Å². The average Bonchev–Trinajstić information content (AvgIpc) is 2.84. The van der Waals surface area contributed by atoms with Crippen molar-refractivity contribution in [3.05, 3.63) is 64.9 Å². The number of aromatic nitrogens is 2. The van der Waals surface area contributed by atoms with Gasteiger partial charge in [-0.1, -0.05) is 41.9 Å². The molecule has 0 fully saturated rings. The maximum atomic E-state index is 6.28. The molecule has 1 unspecified atom stereocenters. The van der Waals surface area contributed by atoms with Gasteiger partial charge in [-0.15, -0.1) is 11.6 Å². The molecule has 4 heteroatoms. The SMILES string of the molecule is CC(Cl)c1nc2ccc(Cl)cc2n1CCc1ccccc1. The van der Waals surface area contributed by atoms with Crippen LogP contribution in [-0.2, 0) is 13.0 Å². The number of hydrogen-bond acceptors (Lipinski definition) is 1. The van der Waals surface area contributed by atoms with E-state index in [-0.39, 0.29) is 5.38 Å². The van der Waals surface area contributed by atoms with E-state index in [2.05, 4.69) is 33.8 Å². The first kappa shape index (κ1) is 14.4. The Morgan fingerprint density at radius 2 is 1.90 bits per heavy atom. The second-order valence-corrected chi connectivity index (χ2v) is 6.20. The van der Waals surface area contributed by atoms with E-state index in [1.54, 1.807) is 0 Å². The standard InChI is InChI=1S/C17H16Cl2N2/c1-12(18)17-20-15-8-7-14(19)11-16(15)21(17)10-9-13-5-3-2-4-6-13/h2-8,11-12H,9-10H2,1H3. The summed E-state index contributed by atoms with van der Waals surface area (Å²) in [7, 11) is 0. The van der Waals surface area contributed by atoms with Gasteiger partial charge in [-0.2, -0.15) is 0 Å². The second-order valence-electron chi connectivity index (χ2n) is 5.11. The molecule has 0 aliphatic carbocycles. The van der Waals surface area contributed by atoms with Gasteiger partial charge in [0.25, 0.3) is 0 Å². The third-order valence-corrected chi connectivity index (χ3v) is 3.99. The first-order valence-electron chi connectivity index (χ1n) is 6.99. The zero-order valence-electron chi connectivity index (χ0n) is 11.8. The Hall–Kier alpha value is -1.51. The van der Waals surface area contributed by atoms with Gasteiger partial charge in [0.2, 0.25) is 0 Å². The Labute approximate surface area is 134 Å². The fourth-order valence-corrected chi connectivity index (χ4v) is 2.87. The molecule has 0 bridgehead atoms. The van der Waals surface area contributed by atoms with Crippen molar-refractivity contribution in [2.75, 3.05) is 0 Å². The van der Waals surface area contributed by atoms with Crippen LogP contribution in [0.4, 0.5) is 0 Å². The first-order valence-corrected chi connectivity index (χ1v) is 7.80. The quantitative estimate of drug-likeness (QED) is 0.602. The summed E-state index contributed by atoms with van der Waals surface area (Å²) in [5.41, 5.74) is 3.28. The molecule has 1 aromatic heterocycles. The van der Waals surface area contributed by atoms with Crippen molar-refractivity contribution in [2.24, 2.45) is 0 Å². The van der Waals surface area contributed by atoms with Gasteiger partial charge in [-0.3, -0.25) is 0 Å². The molecule has 2 aromatic carbocycles. The van der Waals surface area contributed by atoms with Crippen LogP contribution in [0.1, 0.15) is 23.7 Å². The van der Waals surface area contributed by atoms with Gasteiger partial charge in [0.1, 0.15) is 5.82 Å². The van der Waals surface area contributed by atoms with Crippen molar-refractivity contribution in [1.29, 1.82) is 0 Å². The van der Waals surface area contributed by atoms with Crippen LogP contribution < -0.4 is 0 Å². The Bertz CT molecular complexity index is 748. The monoisotopic (exact) mass is 318 g/mol. The highest BCUT2D eigenvalue weighted by Crippen LogP contribution is 2.27. The number of fused-ring (bicyclic) bond motifs is 1. The van der Waals surface area contributed by atoms with Crippen LogP contribution in [-0.4, -0.2) is 9.55 Å². The summed E-state index contributed by atoms with van der Waals surface area (Å²) in [6.07, 6.45) is 0.940. The molecule has 0 aliphatic rings. The number of aryl methyl sites for hydroxylation is 2. The maximum absolute atomic E-state index is 6.28. The third kappa shape index (κ3) is 3.07. The summed E-state index contributed by atoms with van der Waals surface area (Å²) in [6, 6.07) is 16.2. The van der Waals surface area contributed by atoms with Gasteiger partial charge < -0.3 is 4.57 Å². The lowest BCUT2D eigenvalue weighted by atomic mass is 10.1. The molecular weight excluding hydrogens is 303 g/mol. The molecule has 0 spiro atoms. The summed E-state index contributed by atoms with van der Waals surface area (Å²) in [6.45, 7) is 2.79. The molecule has 3 rings (SSSR count). The number of imidazole rings is 1. The van der Waals surface area contributed by atoms with Crippen molar-refractivity contribution in [3.63, 3.8) is 0 Å². The van der Waals surface area contributed by atoms with Crippen molar-refractivity contribution in [3.8, 4) is 0 Å². The number of alkyl halides is 1. The molecule has 0 aliphatic heterocycles. The Morgan fingerprint density at radius 1 is 1.14 bits per heavy atom. The molecule has 21 heavy (non-hydrogen) atoms. The summed E-state index contributed by atoms with van der Waals surface area (Å²) in [5.74, 6) is 0.893. The highest BCUT2D eigenvalue weighted by atomic mass is 35.5. The minimum absolute atomic E-state index is 0.132. The minimum Gasteiger partial charge on any atom is -0.326 e. The third-order valence-electron chi connectivity index (χ3n) is 3.56. The van der Waals surface area contributed by atoms with E-state index >= 15 is 0 Å². The molecule has 2 nitrogen and oxygen atoms in total. The van der Waals surface area contributed by atoms with Crippen LogP contribution in [0.25, 0.3) is 11.0 Å². The van der Waals surface area contributed by atoms with E-state index in [9.17, 15) is 0 Å². The number of rotatable bonds is 4. The number of halogens is 2. The topological polar surface area (TPSA) is 17.8 Å². The Morgan fingerprint density at radius 3 is 2.62 bits per heavy atom. The second kappa shape index (κ2) is 6.08. The maximum Gasteiger partial charge on any atom is 0.127 e. The van der Waals surface area contributed by atoms with E-state index < -0.39 is 0 Å². The lowest BCUT2D eigenvalue weighted by Gasteiger charge is -2.10. The lowest BCUT2D eigenvalue weighted by Crippen LogP contribution is -2.06. The fourth-order valence-electron chi connectivity index (χ4n) is 2.54. The zero-order chi connectivity index (χ0) is 14.8. The molecule has 3 aromatic rings. The van der Waals surface area contributed by atoms with Crippen LogP contribution in [0.2, 0.25) is 5.02 Å². The number of nitrogens with zero attached hydrogens (tertiary/aromatic N) is 2. The van der Waals surface area contributed by atoms with Crippen LogP contribution in [0.3, 0.4) is 0 Å². The van der Waals surface area contributed by atoms with Gasteiger partial charge >= 0.3 is 0 Å². The van der Waals surface area contributed by atoms with Crippen molar-refractivity contribution in [2.45, 2.75) is 25.3 Å². The Balaban J connectivity index is 1.98. The van der Waals surface area contributed by atoms with Gasteiger partial charge in [0, 0.05) is 11.6 Å². The smallest absolute Gasteiger partial charge is 0.127 e. The van der Waals surface area contributed by atoms with Crippen molar-refractivity contribution >= 4 is 34.2 Å². The Kier molecular flexibility index (Phi) is 4.18. The predicted octanol–water partition coefficient (Wildman–Crippen LogP) is 5.23. The number of benzene rings is 2. The van der Waals surface area contributed by atoms with Gasteiger partial charge in [-0.25, -0.2) is 4.98 Å². The van der Waals surface area contributed by atoms with Gasteiger partial charge in [0.15, 0.2) is 0 Å². The van der Waals surface area contributed by atoms with Gasteiger partial charge in [-0.05, 0) is 37.1 Å². The number of hydrogen-bond donors (Lipinski definition) is 0. The van der Waals surface area contributed by atoms with Gasteiger partial charge in [0.05, 0.1) is 16.4 Å². The fraction of sp³-hybridized carbons (Fsp3) is 0.235. The highest BCUT2D eigenvalue weighted by molar-refractivity contribution is 6.31. The normalized spacial score (nSPS) is 12.7. The van der Waals surface area contributed by atoms with E-state index in [4.69, 9.17) is 23.2 Å². The van der Waals surface area contributed by atoms with E-state index in [0.717, 1.165) is 34.8 Å². The summed E-state index contributed by atoms with van der Waals surface area (Å²) in [5, 5.41) is 0.587. The summed E-state index contributed by atoms with van der Waals surface area (Å²) >= 11 is 12.4. The van der Waals surface area contributed by atoms with Crippen LogP contribution in [0, 0.1) is 0 Å². The van der Waals surface area contributed by atoms with Crippen LogP contribution in [0.5, 0.6) is 0 Å². The molecule has 1 atom stereocenters. The van der Waals surface area contributed by atoms with E-state index in [1.807, 2.05) is 31.2 Å². The molecule has 0 amide bonds. The van der Waals surface area contributed by atoms with Crippen molar-refractivity contribution < 1.29 is 0 Å². The molecular formula is C17H16Cl2N2. The molecule has 0 N–H and O–H groups in total. The predicted molar refractivity (Wildman–Crippen MR) is 89.2 cm³/mol. The largest absolute Gasteiger partial charge is 0.326 e. The van der Waals surface area contributed by atoms with Crippen LogP contribution >= 0.6 is 23.2 Å². The molecule has 0 saturated heterocycles.